The van der Waals surface area contributed by atoms with Crippen molar-refractivity contribution in [2.75, 3.05) is 13.2 Å². The molecule has 0 aliphatic heterocycles. The Morgan fingerprint density at radius 2 is 1.52 bits per heavy atom. The van der Waals surface area contributed by atoms with Crippen molar-refractivity contribution in [2.24, 2.45) is 5.11 Å². The standard InChI is InChI=1S/C31H31F3N4O9S/c1-19-3-13-26(14-4-19)48(43,44)46-18-25(47-20(2)39)17-45-24-11-7-22(8-12-24)15-27(37-38-35)29(40)36-28(30(41)42)16-21-5-9-23(10-6-21)31(32,33)34/h3-14,25,27-28H,15-18H2,1-2H3,(H,36,40)(H,41,42)/t25?,27-,28?/m0/s1. The van der Waals surface area contributed by atoms with Gasteiger partial charge < -0.3 is 19.9 Å². The smallest absolute Gasteiger partial charge is 0.416 e. The minimum Gasteiger partial charge on any atom is -0.490 e. The van der Waals surface area contributed by atoms with E-state index >= 15 is 0 Å². The molecule has 0 saturated carbocycles. The molecule has 3 aromatic carbocycles. The lowest BCUT2D eigenvalue weighted by Crippen LogP contribution is -2.46. The Kier molecular flexibility index (Phi) is 12.9. The number of nitrogens with one attached hydrogen (secondary N) is 1. The molecule has 0 saturated heterocycles. The number of rotatable bonds is 16. The number of carboxylic acid groups (broad SMARTS) is 1. The van der Waals surface area contributed by atoms with Crippen LogP contribution < -0.4 is 10.1 Å². The van der Waals surface area contributed by atoms with Crippen molar-refractivity contribution in [1.82, 2.24) is 5.32 Å². The number of hydrogen-bond acceptors (Lipinski definition) is 9. The summed E-state index contributed by atoms with van der Waals surface area (Å²) in [7, 11) is -4.14. The Hall–Kier alpha value is -5.12. The van der Waals surface area contributed by atoms with Gasteiger partial charge in [-0.3, -0.25) is 13.8 Å². The predicted octanol–water partition coefficient (Wildman–Crippen LogP) is 4.76. The molecular weight excluding hydrogens is 661 g/mol. The number of aliphatic carboxylic acids is 1. The van der Waals surface area contributed by atoms with Crippen LogP contribution in [0.25, 0.3) is 10.4 Å². The summed E-state index contributed by atoms with van der Waals surface area (Å²) in [6.07, 6.45) is -6.14. The van der Waals surface area contributed by atoms with Crippen LogP contribution in [0.5, 0.6) is 5.75 Å². The largest absolute Gasteiger partial charge is 0.490 e. The first-order valence-corrected chi connectivity index (χ1v) is 15.6. The second kappa shape index (κ2) is 16.6. The predicted molar refractivity (Wildman–Crippen MR) is 163 cm³/mol. The molecule has 48 heavy (non-hydrogen) atoms. The zero-order valence-corrected chi connectivity index (χ0v) is 26.4. The van der Waals surface area contributed by atoms with E-state index in [-0.39, 0.29) is 35.7 Å². The van der Waals surface area contributed by atoms with Crippen molar-refractivity contribution in [3.63, 3.8) is 0 Å². The number of azide groups is 1. The average molecular weight is 693 g/mol. The molecule has 0 aromatic heterocycles. The topological polar surface area (TPSA) is 194 Å². The van der Waals surface area contributed by atoms with Crippen LogP contribution >= 0.6 is 0 Å². The minimum absolute atomic E-state index is 0.0727. The number of nitrogens with zero attached hydrogens (tertiary/aromatic N) is 3. The Morgan fingerprint density at radius 1 is 0.938 bits per heavy atom. The lowest BCUT2D eigenvalue weighted by Gasteiger charge is -2.19. The van der Waals surface area contributed by atoms with Gasteiger partial charge in [-0.05, 0) is 66.4 Å². The maximum Gasteiger partial charge on any atom is 0.416 e. The van der Waals surface area contributed by atoms with Crippen molar-refractivity contribution in [3.05, 3.63) is 105 Å². The summed E-state index contributed by atoms with van der Waals surface area (Å²) < 4.78 is 79.4. The van der Waals surface area contributed by atoms with Crippen LogP contribution in [0, 0.1) is 6.92 Å². The molecule has 0 radical (unpaired) electrons. The number of benzene rings is 3. The Bertz CT molecular complexity index is 1730. The van der Waals surface area contributed by atoms with Crippen LogP contribution in [0.4, 0.5) is 13.2 Å². The first-order chi connectivity index (χ1) is 22.6. The highest BCUT2D eigenvalue weighted by Gasteiger charge is 2.31. The Labute approximate surface area is 273 Å². The fraction of sp³-hybridized carbons (Fsp3) is 0.323. The van der Waals surface area contributed by atoms with Crippen molar-refractivity contribution in [3.8, 4) is 5.75 Å². The second-order valence-corrected chi connectivity index (χ2v) is 12.1. The first kappa shape index (κ1) is 37.3. The van der Waals surface area contributed by atoms with Gasteiger partial charge >= 0.3 is 18.1 Å². The number of alkyl halides is 3. The third kappa shape index (κ3) is 11.6. The van der Waals surface area contributed by atoms with Crippen molar-refractivity contribution in [2.45, 2.75) is 55.9 Å². The Balaban J connectivity index is 1.60. The van der Waals surface area contributed by atoms with E-state index in [1.54, 1.807) is 19.1 Å². The molecule has 13 nitrogen and oxygen atoms in total. The van der Waals surface area contributed by atoms with Crippen LogP contribution in [0.3, 0.4) is 0 Å². The van der Waals surface area contributed by atoms with E-state index < -0.39 is 64.5 Å². The number of carbonyl (C=O) groups excluding carboxylic acids is 2. The van der Waals surface area contributed by atoms with Gasteiger partial charge in [0.05, 0.1) is 10.5 Å². The van der Waals surface area contributed by atoms with E-state index in [0.29, 0.717) is 5.56 Å². The molecule has 1 amide bonds. The zero-order chi connectivity index (χ0) is 35.5. The number of halogens is 3. The number of ether oxygens (including phenoxy) is 2. The van der Waals surface area contributed by atoms with Crippen LogP contribution in [0.15, 0.2) is 82.8 Å². The average Bonchev–Trinajstić information content (AvgIpc) is 3.02. The summed E-state index contributed by atoms with van der Waals surface area (Å²) in [6.45, 7) is 2.14. The van der Waals surface area contributed by atoms with Gasteiger partial charge in [-0.1, -0.05) is 47.1 Å². The van der Waals surface area contributed by atoms with Gasteiger partial charge in [0.25, 0.3) is 10.1 Å². The maximum absolute atomic E-state index is 12.9. The van der Waals surface area contributed by atoms with Gasteiger partial charge in [0.15, 0.2) is 6.10 Å². The molecule has 0 aliphatic carbocycles. The van der Waals surface area contributed by atoms with E-state index in [0.717, 1.165) is 36.8 Å². The van der Waals surface area contributed by atoms with E-state index in [9.17, 15) is 41.1 Å². The quantitative estimate of drug-likeness (QED) is 0.0700. The number of carboxylic acids is 1. The highest BCUT2D eigenvalue weighted by Crippen LogP contribution is 2.29. The summed E-state index contributed by atoms with van der Waals surface area (Å²) in [5.74, 6) is -2.79. The molecule has 0 heterocycles. The fourth-order valence-electron chi connectivity index (χ4n) is 4.21. The van der Waals surface area contributed by atoms with Crippen LogP contribution in [0.1, 0.15) is 29.2 Å². The third-order valence-corrected chi connectivity index (χ3v) is 7.96. The van der Waals surface area contributed by atoms with Crippen molar-refractivity contribution in [1.29, 1.82) is 0 Å². The maximum atomic E-state index is 12.9. The van der Waals surface area contributed by atoms with Gasteiger partial charge in [-0.15, -0.1) is 0 Å². The number of carbonyl (C=O) groups is 3. The molecule has 256 valence electrons. The second-order valence-electron chi connectivity index (χ2n) is 10.5. The van der Waals surface area contributed by atoms with Crippen LogP contribution in [0.2, 0.25) is 0 Å². The summed E-state index contributed by atoms with van der Waals surface area (Å²) in [5.41, 5.74) is 9.64. The molecular formula is C31H31F3N4O9S. The van der Waals surface area contributed by atoms with Gasteiger partial charge in [-0.25, -0.2) is 4.79 Å². The number of amides is 1. The molecule has 3 atom stereocenters. The Morgan fingerprint density at radius 3 is 2.06 bits per heavy atom. The first-order valence-electron chi connectivity index (χ1n) is 14.2. The van der Waals surface area contributed by atoms with Crippen LogP contribution in [-0.4, -0.2) is 62.8 Å². The SMILES string of the molecule is CC(=O)OC(COc1ccc(C[C@H](N=[N+]=[N-])C(=O)NC(Cc2ccc(C(F)(F)F)cc2)C(=O)O)cc1)COS(=O)(=O)c1ccc(C)cc1. The molecule has 0 bridgehead atoms. The zero-order valence-electron chi connectivity index (χ0n) is 25.6. The van der Waals surface area contributed by atoms with Crippen molar-refractivity contribution >= 4 is 28.0 Å². The molecule has 3 aromatic rings. The monoisotopic (exact) mass is 692 g/mol. The van der Waals surface area contributed by atoms with Gasteiger partial charge in [0.2, 0.25) is 5.91 Å². The third-order valence-electron chi connectivity index (χ3n) is 6.67. The van der Waals surface area contributed by atoms with E-state index in [4.69, 9.17) is 19.2 Å². The molecule has 0 spiro atoms. The summed E-state index contributed by atoms with van der Waals surface area (Å²) in [6, 6.07) is 12.9. The molecule has 0 aliphatic rings. The minimum atomic E-state index is -4.57. The summed E-state index contributed by atoms with van der Waals surface area (Å²) in [5, 5.41) is 15.3. The number of esters is 1. The summed E-state index contributed by atoms with van der Waals surface area (Å²) in [4.78, 5) is 38.8. The lowest BCUT2D eigenvalue weighted by molar-refractivity contribution is -0.149. The van der Waals surface area contributed by atoms with Gasteiger partial charge in [0.1, 0.15) is 31.0 Å². The van der Waals surface area contributed by atoms with E-state index in [2.05, 4.69) is 15.3 Å². The molecule has 0 fully saturated rings. The fourth-order valence-corrected chi connectivity index (χ4v) is 5.14. The highest BCUT2D eigenvalue weighted by molar-refractivity contribution is 7.86. The number of aryl methyl sites for hydroxylation is 1. The molecule has 2 N–H and O–H groups in total. The molecule has 2 unspecified atom stereocenters. The van der Waals surface area contributed by atoms with E-state index in [1.165, 1.54) is 36.4 Å². The molecule has 17 heteroatoms. The van der Waals surface area contributed by atoms with E-state index in [1.807, 2.05) is 0 Å². The van der Waals surface area contributed by atoms with Crippen molar-refractivity contribution < 1.29 is 54.7 Å². The van der Waals surface area contributed by atoms with Crippen LogP contribution in [-0.2, 0) is 52.4 Å². The molecule has 3 rings (SSSR count). The lowest BCUT2D eigenvalue weighted by atomic mass is 10.0. The van der Waals surface area contributed by atoms with Gasteiger partial charge in [-0.2, -0.15) is 21.6 Å². The van der Waals surface area contributed by atoms with Gasteiger partial charge in [0, 0.05) is 18.3 Å². The summed E-state index contributed by atoms with van der Waals surface area (Å²) >= 11 is 0. The normalized spacial score (nSPS) is 13.4. The highest BCUT2D eigenvalue weighted by atomic mass is 32.2. The number of hydrogen-bond donors (Lipinski definition) is 2.